The first-order chi connectivity index (χ1) is 10.3. The minimum absolute atomic E-state index is 0.111. The van der Waals surface area contributed by atoms with Crippen LogP contribution in [0.3, 0.4) is 0 Å². The van der Waals surface area contributed by atoms with Gasteiger partial charge in [0.05, 0.1) is 10.5 Å². The lowest BCUT2D eigenvalue weighted by molar-refractivity contribution is 0.0696. The first-order valence-electron chi connectivity index (χ1n) is 6.34. The molecule has 1 atom stereocenters. The number of rotatable bonds is 4. The van der Waals surface area contributed by atoms with Crippen LogP contribution in [0.2, 0.25) is 0 Å². The average Bonchev–Trinajstić information content (AvgIpc) is 2.47. The lowest BCUT2D eigenvalue weighted by atomic mass is 10.2. The van der Waals surface area contributed by atoms with E-state index in [2.05, 4.69) is 3.77 Å². The summed E-state index contributed by atoms with van der Waals surface area (Å²) in [6.07, 6.45) is 1.65. The van der Waals surface area contributed by atoms with Crippen LogP contribution in [-0.2, 0) is 20.7 Å². The van der Waals surface area contributed by atoms with Gasteiger partial charge in [-0.2, -0.15) is 8.42 Å². The van der Waals surface area contributed by atoms with Crippen LogP contribution in [0.25, 0.3) is 0 Å². The van der Waals surface area contributed by atoms with Crippen LogP contribution in [0.1, 0.15) is 15.9 Å². The summed E-state index contributed by atoms with van der Waals surface area (Å²) < 4.78 is 28.4. The summed E-state index contributed by atoms with van der Waals surface area (Å²) in [5.74, 6) is -1.06. The van der Waals surface area contributed by atoms with Crippen LogP contribution in [0.15, 0.2) is 62.1 Å². The number of carboxylic acid groups (broad SMARTS) is 1. The highest BCUT2D eigenvalue weighted by Gasteiger charge is 2.13. The molecule has 0 radical (unpaired) electrons. The van der Waals surface area contributed by atoms with Gasteiger partial charge in [-0.25, -0.2) is 4.79 Å². The third-order valence-corrected chi connectivity index (χ3v) is 6.43. The zero-order chi connectivity index (χ0) is 16.3. The minimum Gasteiger partial charge on any atom is -0.478 e. The number of aromatic carboxylic acids is 1. The third-order valence-electron chi connectivity index (χ3n) is 2.95. The van der Waals surface area contributed by atoms with E-state index in [1.807, 2.05) is 6.92 Å². The molecule has 2 rings (SSSR count). The van der Waals surface area contributed by atoms with E-state index >= 15 is 0 Å². The van der Waals surface area contributed by atoms with E-state index in [1.165, 1.54) is 24.3 Å². The second-order valence-electron chi connectivity index (χ2n) is 4.67. The smallest absolute Gasteiger partial charge is 0.335 e. The Bertz CT molecular complexity index is 840. The van der Waals surface area contributed by atoms with Gasteiger partial charge >= 0.3 is 5.97 Å². The number of carbonyl (C=O) groups is 1. The molecule has 22 heavy (non-hydrogen) atoms. The number of sulfonamides is 1. The first-order valence-corrected chi connectivity index (χ1v) is 9.37. The number of hydrogen-bond acceptors (Lipinski definition) is 3. The summed E-state index contributed by atoms with van der Waals surface area (Å²) in [6, 6.07) is 12.6. The van der Waals surface area contributed by atoms with E-state index in [-0.39, 0.29) is 10.5 Å². The maximum Gasteiger partial charge on any atom is 0.335 e. The van der Waals surface area contributed by atoms with Crippen molar-refractivity contribution >= 4 is 26.7 Å². The topological polar surface area (TPSA) is 83.8 Å². The zero-order valence-electron chi connectivity index (χ0n) is 12.1. The summed E-state index contributed by atoms with van der Waals surface area (Å²) >= 11 is 0. The van der Waals surface area contributed by atoms with Crippen LogP contribution < -0.4 is 0 Å². The molecule has 0 heterocycles. The van der Waals surface area contributed by atoms with E-state index in [0.29, 0.717) is 4.90 Å². The summed E-state index contributed by atoms with van der Waals surface area (Å²) in [4.78, 5) is 11.7. The Morgan fingerprint density at radius 1 is 1.14 bits per heavy atom. The molecule has 0 amide bonds. The van der Waals surface area contributed by atoms with Crippen LogP contribution in [-0.4, -0.2) is 25.7 Å². The standard InChI is InChI=1S/C15H15NO4S2/c1-11-6-8-14(9-7-11)22(19,20)16-21(2)13-5-3-4-12(10-13)15(17)18/h3-10H,1-2H3,(H,17,18). The highest BCUT2D eigenvalue weighted by Crippen LogP contribution is 2.17. The lowest BCUT2D eigenvalue weighted by Gasteiger charge is -2.05. The monoisotopic (exact) mass is 337 g/mol. The van der Waals surface area contributed by atoms with Gasteiger partial charge in [-0.3, -0.25) is 0 Å². The van der Waals surface area contributed by atoms with Crippen molar-refractivity contribution in [1.29, 1.82) is 0 Å². The molecule has 0 saturated heterocycles. The Morgan fingerprint density at radius 2 is 1.77 bits per heavy atom. The van der Waals surface area contributed by atoms with Crippen molar-refractivity contribution < 1.29 is 18.3 Å². The van der Waals surface area contributed by atoms with Crippen LogP contribution >= 0.6 is 0 Å². The fourth-order valence-electron chi connectivity index (χ4n) is 1.76. The fraction of sp³-hybridized carbons (Fsp3) is 0.133. The fourth-order valence-corrected chi connectivity index (χ4v) is 4.68. The molecule has 0 aliphatic rings. The number of aryl methyl sites for hydroxylation is 1. The SMILES string of the molecule is Cc1ccc(S(=O)(=O)/N=S(/C)c2cccc(C(=O)O)c2)cc1. The summed E-state index contributed by atoms with van der Waals surface area (Å²) in [5.41, 5.74) is 1.07. The molecule has 1 unspecified atom stereocenters. The van der Waals surface area contributed by atoms with Gasteiger partial charge in [0.1, 0.15) is 0 Å². The van der Waals surface area contributed by atoms with Gasteiger partial charge in [0.25, 0.3) is 10.0 Å². The Balaban J connectivity index is 2.41. The van der Waals surface area contributed by atoms with Gasteiger partial charge < -0.3 is 5.11 Å². The van der Waals surface area contributed by atoms with E-state index in [4.69, 9.17) is 5.11 Å². The molecular formula is C15H15NO4S2. The predicted molar refractivity (Wildman–Crippen MR) is 85.7 cm³/mol. The van der Waals surface area contributed by atoms with Gasteiger partial charge in [-0.15, -0.1) is 3.77 Å². The van der Waals surface area contributed by atoms with Gasteiger partial charge in [0.2, 0.25) is 0 Å². The van der Waals surface area contributed by atoms with E-state index in [1.54, 1.807) is 30.5 Å². The van der Waals surface area contributed by atoms with Crippen molar-refractivity contribution in [3.05, 3.63) is 59.7 Å². The third kappa shape index (κ3) is 3.80. The van der Waals surface area contributed by atoms with Crippen LogP contribution in [0, 0.1) is 6.92 Å². The molecule has 0 aliphatic carbocycles. The van der Waals surface area contributed by atoms with E-state index in [9.17, 15) is 13.2 Å². The molecule has 2 aromatic carbocycles. The summed E-state index contributed by atoms with van der Waals surface area (Å²) in [6.45, 7) is 1.87. The van der Waals surface area contributed by atoms with Gasteiger partial charge in [0.15, 0.2) is 0 Å². The molecule has 2 aromatic rings. The molecular weight excluding hydrogens is 322 g/mol. The lowest BCUT2D eigenvalue weighted by Crippen LogP contribution is -2.02. The molecule has 0 fully saturated rings. The van der Waals surface area contributed by atoms with Crippen molar-refractivity contribution in [2.75, 3.05) is 6.26 Å². The van der Waals surface area contributed by atoms with Crippen molar-refractivity contribution in [3.8, 4) is 0 Å². The Hall–Kier alpha value is -1.99. The average molecular weight is 337 g/mol. The predicted octanol–water partition coefficient (Wildman–Crippen LogP) is 2.87. The maximum atomic E-state index is 12.3. The normalized spacial score (nSPS) is 13.0. The summed E-state index contributed by atoms with van der Waals surface area (Å²) in [5, 5.41) is 8.98. The van der Waals surface area contributed by atoms with Gasteiger partial charge in [-0.05, 0) is 43.5 Å². The molecule has 5 nitrogen and oxygen atoms in total. The number of benzene rings is 2. The Kier molecular flexibility index (Phi) is 4.77. The second kappa shape index (κ2) is 6.41. The Morgan fingerprint density at radius 3 is 2.36 bits per heavy atom. The second-order valence-corrected chi connectivity index (χ2v) is 8.12. The Labute approximate surface area is 131 Å². The quantitative estimate of drug-likeness (QED) is 0.930. The number of hydrogen-bond donors (Lipinski definition) is 1. The molecule has 116 valence electrons. The van der Waals surface area contributed by atoms with E-state index in [0.717, 1.165) is 5.56 Å². The maximum absolute atomic E-state index is 12.3. The zero-order valence-corrected chi connectivity index (χ0v) is 13.7. The number of nitrogens with zero attached hydrogens (tertiary/aromatic N) is 1. The van der Waals surface area contributed by atoms with Crippen molar-refractivity contribution in [2.24, 2.45) is 3.77 Å². The van der Waals surface area contributed by atoms with Crippen molar-refractivity contribution in [3.63, 3.8) is 0 Å². The van der Waals surface area contributed by atoms with Crippen LogP contribution in [0.4, 0.5) is 0 Å². The highest BCUT2D eigenvalue weighted by atomic mass is 32.3. The summed E-state index contributed by atoms with van der Waals surface area (Å²) in [7, 11) is -4.73. The molecule has 1 N–H and O–H groups in total. The highest BCUT2D eigenvalue weighted by molar-refractivity contribution is 7.99. The molecule has 0 saturated carbocycles. The largest absolute Gasteiger partial charge is 0.478 e. The minimum atomic E-state index is -3.77. The van der Waals surface area contributed by atoms with Gasteiger partial charge in [-0.1, -0.05) is 34.5 Å². The van der Waals surface area contributed by atoms with Crippen molar-refractivity contribution in [1.82, 2.24) is 0 Å². The molecule has 0 aromatic heterocycles. The molecule has 0 aliphatic heterocycles. The van der Waals surface area contributed by atoms with Gasteiger partial charge in [0, 0.05) is 4.90 Å². The number of carboxylic acids is 1. The molecule has 0 spiro atoms. The van der Waals surface area contributed by atoms with E-state index < -0.39 is 26.7 Å². The molecule has 7 heteroatoms. The van der Waals surface area contributed by atoms with Crippen molar-refractivity contribution in [2.45, 2.75) is 16.7 Å². The molecule has 0 bridgehead atoms. The van der Waals surface area contributed by atoms with Crippen LogP contribution in [0.5, 0.6) is 0 Å². The first kappa shape index (κ1) is 16.4.